The summed E-state index contributed by atoms with van der Waals surface area (Å²) in [7, 11) is -3.79. The first-order valence-electron chi connectivity index (χ1n) is 8.13. The molecule has 1 saturated heterocycles. The average molecular weight is 344 g/mol. The third-order valence-corrected chi connectivity index (χ3v) is 6.65. The Morgan fingerprint density at radius 1 is 1.08 bits per heavy atom. The molecule has 5 heteroatoms. The van der Waals surface area contributed by atoms with Gasteiger partial charge in [-0.3, -0.25) is 4.18 Å². The quantitative estimate of drug-likeness (QED) is 0.629. The molecule has 1 aliphatic carbocycles. The van der Waals surface area contributed by atoms with Gasteiger partial charge in [0.15, 0.2) is 0 Å². The zero-order chi connectivity index (χ0) is 17.0. The highest BCUT2D eigenvalue weighted by atomic mass is 32.2. The smallest absolute Gasteiger partial charge is 0.297 e. The van der Waals surface area contributed by atoms with Crippen LogP contribution in [0.5, 0.6) is 0 Å². The van der Waals surface area contributed by atoms with Crippen molar-refractivity contribution in [2.45, 2.75) is 48.9 Å². The van der Waals surface area contributed by atoms with E-state index in [0.29, 0.717) is 6.42 Å². The molecule has 0 bridgehead atoms. The Bertz CT molecular complexity index is 856. The number of fused-ring (bicyclic) bond motifs is 1. The van der Waals surface area contributed by atoms with Crippen molar-refractivity contribution in [3.63, 3.8) is 0 Å². The van der Waals surface area contributed by atoms with Crippen LogP contribution in [-0.4, -0.2) is 20.1 Å². The fraction of sp³-hybridized carbons (Fsp3) is 0.368. The van der Waals surface area contributed by atoms with Crippen molar-refractivity contribution < 1.29 is 17.3 Å². The summed E-state index contributed by atoms with van der Waals surface area (Å²) >= 11 is 0. The lowest BCUT2D eigenvalue weighted by Gasteiger charge is -2.17. The van der Waals surface area contributed by atoms with Crippen molar-refractivity contribution in [1.82, 2.24) is 0 Å². The molecule has 4 nitrogen and oxygen atoms in total. The van der Waals surface area contributed by atoms with Crippen molar-refractivity contribution in [1.29, 1.82) is 0 Å². The van der Waals surface area contributed by atoms with E-state index < -0.39 is 27.4 Å². The van der Waals surface area contributed by atoms with Crippen molar-refractivity contribution in [2.24, 2.45) is 0 Å². The Morgan fingerprint density at radius 2 is 1.75 bits per heavy atom. The molecule has 1 heterocycles. The largest absolute Gasteiger partial charge is 0.355 e. The average Bonchev–Trinajstić information content (AvgIpc) is 3.11. The molecule has 1 aliphatic heterocycles. The maximum absolute atomic E-state index is 12.6. The van der Waals surface area contributed by atoms with Crippen molar-refractivity contribution in [3.8, 4) is 0 Å². The lowest BCUT2D eigenvalue weighted by atomic mass is 9.89. The van der Waals surface area contributed by atoms with E-state index in [2.05, 4.69) is 0 Å². The predicted octanol–water partition coefficient (Wildman–Crippen LogP) is 3.55. The number of hydrogen-bond donors (Lipinski definition) is 0. The number of rotatable bonds is 4. The van der Waals surface area contributed by atoms with Crippen LogP contribution in [0.2, 0.25) is 0 Å². The van der Waals surface area contributed by atoms with Crippen molar-refractivity contribution in [2.75, 3.05) is 0 Å². The first kappa shape index (κ1) is 15.8. The van der Waals surface area contributed by atoms with Gasteiger partial charge in [0.05, 0.1) is 4.90 Å². The summed E-state index contributed by atoms with van der Waals surface area (Å²) < 4.78 is 36.8. The normalized spacial score (nSPS) is 31.7. The van der Waals surface area contributed by atoms with Gasteiger partial charge in [-0.2, -0.15) is 8.42 Å². The summed E-state index contributed by atoms with van der Waals surface area (Å²) in [5.74, 6) is 0. The van der Waals surface area contributed by atoms with Gasteiger partial charge in [0.2, 0.25) is 0 Å². The minimum absolute atomic E-state index is 0.189. The van der Waals surface area contributed by atoms with Gasteiger partial charge in [-0.15, -0.1) is 0 Å². The molecule has 2 aliphatic rings. The monoisotopic (exact) mass is 344 g/mol. The molecule has 0 N–H and O–H groups in total. The Balaban J connectivity index is 1.58. The minimum Gasteiger partial charge on any atom is -0.355 e. The highest BCUT2D eigenvalue weighted by molar-refractivity contribution is 7.86. The van der Waals surface area contributed by atoms with Crippen LogP contribution < -0.4 is 0 Å². The molecule has 24 heavy (non-hydrogen) atoms. The van der Waals surface area contributed by atoms with Gasteiger partial charge in [-0.05, 0) is 44.4 Å². The molecule has 0 spiro atoms. The second-order valence-corrected chi connectivity index (χ2v) is 8.36. The third-order valence-electron chi connectivity index (χ3n) is 5.31. The van der Waals surface area contributed by atoms with E-state index >= 15 is 0 Å². The van der Waals surface area contributed by atoms with Crippen LogP contribution in [0.25, 0.3) is 0 Å². The molecule has 1 unspecified atom stereocenters. The third kappa shape index (κ3) is 2.23. The molecule has 0 radical (unpaired) electrons. The van der Waals surface area contributed by atoms with Gasteiger partial charge < -0.3 is 4.74 Å². The zero-order valence-electron chi connectivity index (χ0n) is 13.7. The Labute approximate surface area is 142 Å². The lowest BCUT2D eigenvalue weighted by molar-refractivity contribution is 0.0936. The number of epoxide rings is 1. The SMILES string of the molecule is Cc1ccc(S(=O)(=O)OC2CC[C@@]3(c4ccccc4)O[C@@]23C)cc1. The number of benzene rings is 2. The molecule has 0 aromatic heterocycles. The standard InChI is InChI=1S/C19H20O4S/c1-14-8-10-16(11-9-14)24(20,21)22-17-12-13-19(18(17,2)23-19)15-6-4-3-5-7-15/h3-11,17H,12-13H2,1-2H3/t17?,18-,19-/m0/s1. The summed E-state index contributed by atoms with van der Waals surface area (Å²) in [5, 5.41) is 0. The van der Waals surface area contributed by atoms with Crippen LogP contribution in [-0.2, 0) is 24.6 Å². The Hall–Kier alpha value is -1.69. The minimum atomic E-state index is -3.79. The summed E-state index contributed by atoms with van der Waals surface area (Å²) in [6.07, 6.45) is 0.960. The van der Waals surface area contributed by atoms with E-state index in [1.807, 2.05) is 44.2 Å². The maximum Gasteiger partial charge on any atom is 0.297 e. The van der Waals surface area contributed by atoms with E-state index in [9.17, 15) is 8.42 Å². The van der Waals surface area contributed by atoms with Crippen LogP contribution in [0.15, 0.2) is 59.5 Å². The van der Waals surface area contributed by atoms with Gasteiger partial charge in [-0.1, -0.05) is 48.0 Å². The predicted molar refractivity (Wildman–Crippen MR) is 90.1 cm³/mol. The molecular weight excluding hydrogens is 324 g/mol. The van der Waals surface area contributed by atoms with Crippen LogP contribution in [0, 0.1) is 6.92 Å². The fourth-order valence-electron chi connectivity index (χ4n) is 3.82. The lowest BCUT2D eigenvalue weighted by Crippen LogP contribution is -2.31. The maximum atomic E-state index is 12.6. The molecule has 1 saturated carbocycles. The molecule has 2 fully saturated rings. The van der Waals surface area contributed by atoms with Crippen molar-refractivity contribution >= 4 is 10.1 Å². The summed E-state index contributed by atoms with van der Waals surface area (Å²) in [5.41, 5.74) is 1.09. The molecule has 2 aromatic rings. The van der Waals surface area contributed by atoms with E-state index in [0.717, 1.165) is 17.5 Å². The van der Waals surface area contributed by atoms with E-state index in [4.69, 9.17) is 8.92 Å². The van der Waals surface area contributed by atoms with Gasteiger partial charge in [-0.25, -0.2) is 0 Å². The summed E-state index contributed by atoms with van der Waals surface area (Å²) in [6.45, 7) is 3.86. The molecule has 126 valence electrons. The number of hydrogen-bond acceptors (Lipinski definition) is 4. The molecular formula is C19H20O4S. The second-order valence-electron chi connectivity index (χ2n) is 6.79. The topological polar surface area (TPSA) is 55.9 Å². The fourth-order valence-corrected chi connectivity index (χ4v) is 4.99. The second kappa shape index (κ2) is 5.15. The number of ether oxygens (including phenoxy) is 1. The first-order valence-corrected chi connectivity index (χ1v) is 9.54. The first-order chi connectivity index (χ1) is 11.4. The Kier molecular flexibility index (Phi) is 3.39. The molecule has 0 amide bonds. The van der Waals surface area contributed by atoms with Crippen LogP contribution in [0.1, 0.15) is 30.9 Å². The van der Waals surface area contributed by atoms with E-state index in [1.54, 1.807) is 24.3 Å². The van der Waals surface area contributed by atoms with Crippen LogP contribution in [0.3, 0.4) is 0 Å². The van der Waals surface area contributed by atoms with Crippen LogP contribution >= 0.6 is 0 Å². The molecule has 2 aromatic carbocycles. The molecule has 4 rings (SSSR count). The summed E-state index contributed by atoms with van der Waals surface area (Å²) in [6, 6.07) is 16.7. The van der Waals surface area contributed by atoms with E-state index in [1.165, 1.54) is 0 Å². The van der Waals surface area contributed by atoms with Crippen molar-refractivity contribution in [3.05, 3.63) is 65.7 Å². The molecule has 3 atom stereocenters. The van der Waals surface area contributed by atoms with Gasteiger partial charge in [0.25, 0.3) is 10.1 Å². The van der Waals surface area contributed by atoms with Gasteiger partial charge in [0, 0.05) is 0 Å². The van der Waals surface area contributed by atoms with Gasteiger partial charge >= 0.3 is 0 Å². The number of aryl methyl sites for hydroxylation is 1. The van der Waals surface area contributed by atoms with Crippen LogP contribution in [0.4, 0.5) is 0 Å². The zero-order valence-corrected chi connectivity index (χ0v) is 14.5. The highest BCUT2D eigenvalue weighted by Crippen LogP contribution is 2.66. The van der Waals surface area contributed by atoms with E-state index in [-0.39, 0.29) is 4.90 Å². The van der Waals surface area contributed by atoms with Gasteiger partial charge in [0.1, 0.15) is 17.3 Å². The Morgan fingerprint density at radius 3 is 2.38 bits per heavy atom. The highest BCUT2D eigenvalue weighted by Gasteiger charge is 2.76. The summed E-state index contributed by atoms with van der Waals surface area (Å²) in [4.78, 5) is 0.189.